The predicted molar refractivity (Wildman–Crippen MR) is 88.2 cm³/mol. The summed E-state index contributed by atoms with van der Waals surface area (Å²) < 4.78 is 0.860. The van der Waals surface area contributed by atoms with Gasteiger partial charge in [0.15, 0.2) is 0 Å². The van der Waals surface area contributed by atoms with E-state index in [0.717, 1.165) is 22.3 Å². The van der Waals surface area contributed by atoms with E-state index < -0.39 is 5.91 Å². The number of carbonyl (C=O) groups is 3. The van der Waals surface area contributed by atoms with Gasteiger partial charge in [0, 0.05) is 10.0 Å². The van der Waals surface area contributed by atoms with Gasteiger partial charge in [0.25, 0.3) is 17.7 Å². The third kappa shape index (κ3) is 1.67. The summed E-state index contributed by atoms with van der Waals surface area (Å²) in [6.07, 6.45) is 6.44. The molecule has 2 saturated carbocycles. The highest BCUT2D eigenvalue weighted by Crippen LogP contribution is 2.73. The minimum Gasteiger partial charge on any atom is -0.272 e. The first kappa shape index (κ1) is 14.4. The van der Waals surface area contributed by atoms with Crippen molar-refractivity contribution >= 4 is 33.7 Å². The Bertz CT molecular complexity index is 778. The van der Waals surface area contributed by atoms with Crippen LogP contribution in [0.3, 0.4) is 0 Å². The van der Waals surface area contributed by atoms with Crippen molar-refractivity contribution in [1.82, 2.24) is 10.4 Å². The normalized spacial score (nSPS) is 34.1. The van der Waals surface area contributed by atoms with Crippen LogP contribution in [0, 0.1) is 29.1 Å². The largest absolute Gasteiger partial charge is 0.272 e. The van der Waals surface area contributed by atoms with Gasteiger partial charge in [-0.3, -0.25) is 19.8 Å². The van der Waals surface area contributed by atoms with E-state index in [9.17, 15) is 14.4 Å². The number of hydrogen-bond donors (Lipinski definition) is 1. The highest BCUT2D eigenvalue weighted by atomic mass is 79.9. The van der Waals surface area contributed by atoms with Crippen molar-refractivity contribution < 1.29 is 14.4 Å². The second kappa shape index (κ2) is 4.57. The smallest absolute Gasteiger partial charge is 0.270 e. The van der Waals surface area contributed by atoms with Gasteiger partial charge in [0.1, 0.15) is 0 Å². The summed E-state index contributed by atoms with van der Waals surface area (Å²) in [5.74, 6) is -1.19. The number of hydrazine groups is 1. The molecule has 2 bridgehead atoms. The average molecular weight is 387 g/mol. The van der Waals surface area contributed by atoms with Gasteiger partial charge in [-0.15, -0.1) is 0 Å². The minimum atomic E-state index is -0.439. The Kier molecular flexibility index (Phi) is 2.74. The van der Waals surface area contributed by atoms with Gasteiger partial charge < -0.3 is 0 Å². The Morgan fingerprint density at radius 1 is 1.04 bits per heavy atom. The molecule has 1 aliphatic heterocycles. The number of carbonyl (C=O) groups excluding carboxylic acids is 3. The molecule has 1 saturated heterocycles. The van der Waals surface area contributed by atoms with E-state index in [1.54, 1.807) is 24.3 Å². The Labute approximate surface area is 147 Å². The molecule has 0 unspecified atom stereocenters. The van der Waals surface area contributed by atoms with Crippen molar-refractivity contribution in [3.05, 3.63) is 46.5 Å². The molecular weight excluding hydrogens is 372 g/mol. The number of nitrogens with zero attached hydrogens (tertiary/aromatic N) is 1. The van der Waals surface area contributed by atoms with E-state index in [1.807, 2.05) is 0 Å². The molecule has 6 heteroatoms. The van der Waals surface area contributed by atoms with E-state index in [-0.39, 0.29) is 40.9 Å². The second-order valence-corrected chi connectivity index (χ2v) is 8.10. The molecule has 0 radical (unpaired) electrons. The minimum absolute atomic E-state index is 0.165. The number of fused-ring (bicyclic) bond motifs is 3. The Morgan fingerprint density at radius 2 is 1.58 bits per heavy atom. The molecule has 5 nitrogen and oxygen atoms in total. The van der Waals surface area contributed by atoms with Crippen molar-refractivity contribution in [3.8, 4) is 0 Å². The van der Waals surface area contributed by atoms with Crippen LogP contribution in [0.5, 0.6) is 0 Å². The number of amides is 3. The summed E-state index contributed by atoms with van der Waals surface area (Å²) in [6.45, 7) is 0. The molecule has 122 valence electrons. The van der Waals surface area contributed by atoms with E-state index in [4.69, 9.17) is 0 Å². The van der Waals surface area contributed by atoms with Gasteiger partial charge in [-0.25, -0.2) is 0 Å². The molecule has 5 rings (SSSR count). The molecule has 1 heterocycles. The molecule has 4 atom stereocenters. The zero-order chi connectivity index (χ0) is 16.6. The van der Waals surface area contributed by atoms with Gasteiger partial charge in [-0.05, 0) is 54.4 Å². The molecule has 1 aromatic carbocycles. The van der Waals surface area contributed by atoms with Crippen molar-refractivity contribution in [2.45, 2.75) is 12.8 Å². The van der Waals surface area contributed by atoms with Crippen LogP contribution in [0.4, 0.5) is 0 Å². The maximum Gasteiger partial charge on any atom is 0.270 e. The monoisotopic (exact) mass is 386 g/mol. The summed E-state index contributed by atoms with van der Waals surface area (Å²) >= 11 is 3.31. The first-order valence-electron chi connectivity index (χ1n) is 8.16. The van der Waals surface area contributed by atoms with Gasteiger partial charge in [0.05, 0.1) is 11.8 Å². The van der Waals surface area contributed by atoms with Crippen molar-refractivity contribution in [1.29, 1.82) is 0 Å². The van der Waals surface area contributed by atoms with Crippen LogP contribution in [0.1, 0.15) is 23.2 Å². The topological polar surface area (TPSA) is 66.5 Å². The Morgan fingerprint density at radius 3 is 2.08 bits per heavy atom. The van der Waals surface area contributed by atoms with Gasteiger partial charge in [-0.1, -0.05) is 28.1 Å². The van der Waals surface area contributed by atoms with Crippen molar-refractivity contribution in [2.75, 3.05) is 0 Å². The molecule has 3 aliphatic carbocycles. The fourth-order valence-corrected chi connectivity index (χ4v) is 5.22. The van der Waals surface area contributed by atoms with E-state index in [0.29, 0.717) is 5.56 Å². The number of imide groups is 1. The molecule has 1 aromatic rings. The number of benzene rings is 1. The molecule has 1 spiro atoms. The van der Waals surface area contributed by atoms with Gasteiger partial charge >= 0.3 is 0 Å². The summed E-state index contributed by atoms with van der Waals surface area (Å²) in [4.78, 5) is 37.9. The summed E-state index contributed by atoms with van der Waals surface area (Å²) in [5, 5.41) is 0.960. The molecular formula is C18H15BrN2O3. The number of halogens is 1. The maximum atomic E-state index is 12.8. The molecule has 0 aromatic heterocycles. The third-order valence-corrected chi connectivity index (χ3v) is 6.70. The van der Waals surface area contributed by atoms with Crippen LogP contribution in [0.15, 0.2) is 40.9 Å². The van der Waals surface area contributed by atoms with E-state index in [2.05, 4.69) is 33.5 Å². The quantitative estimate of drug-likeness (QED) is 0.626. The van der Waals surface area contributed by atoms with E-state index >= 15 is 0 Å². The number of allylic oxidation sites excluding steroid dienone is 2. The van der Waals surface area contributed by atoms with Crippen LogP contribution >= 0.6 is 15.9 Å². The average Bonchev–Trinajstić information content (AvgIpc) is 3.18. The van der Waals surface area contributed by atoms with Crippen LogP contribution in [-0.2, 0) is 9.59 Å². The van der Waals surface area contributed by atoms with Crippen LogP contribution < -0.4 is 5.43 Å². The Hall–Kier alpha value is -1.95. The maximum absolute atomic E-state index is 12.8. The molecule has 4 aliphatic rings. The lowest BCUT2D eigenvalue weighted by Crippen LogP contribution is -2.47. The number of hydrogen-bond acceptors (Lipinski definition) is 3. The number of nitrogens with one attached hydrogen (secondary N) is 1. The second-order valence-electron chi connectivity index (χ2n) is 7.18. The summed E-state index contributed by atoms with van der Waals surface area (Å²) in [7, 11) is 0. The fraction of sp³-hybridized carbons (Fsp3) is 0.389. The predicted octanol–water partition coefficient (Wildman–Crippen LogP) is 2.29. The zero-order valence-corrected chi connectivity index (χ0v) is 14.3. The lowest BCUT2D eigenvalue weighted by Gasteiger charge is -2.22. The highest BCUT2D eigenvalue weighted by molar-refractivity contribution is 9.10. The first-order valence-corrected chi connectivity index (χ1v) is 8.95. The van der Waals surface area contributed by atoms with Crippen molar-refractivity contribution in [3.63, 3.8) is 0 Å². The molecule has 1 N–H and O–H groups in total. The fourth-order valence-electron chi connectivity index (χ4n) is 4.96. The standard InChI is InChI=1S/C18H15BrN2O3/c19-10-3-1-9(2-4-10)15(22)20-21-16(23)13-11-5-6-12(14(13)17(21)24)18(11)7-8-18/h1-6,11-14H,7-8H2,(H,20,22)/t11-,12+,13-,14-/m1/s1. The molecule has 3 fully saturated rings. The summed E-state index contributed by atoms with van der Waals surface area (Å²) in [6, 6.07) is 6.79. The van der Waals surface area contributed by atoms with Crippen molar-refractivity contribution in [2.24, 2.45) is 29.1 Å². The van der Waals surface area contributed by atoms with Crippen LogP contribution in [0.2, 0.25) is 0 Å². The molecule has 24 heavy (non-hydrogen) atoms. The lowest BCUT2D eigenvalue weighted by molar-refractivity contribution is -0.144. The highest BCUT2D eigenvalue weighted by Gasteiger charge is 2.73. The lowest BCUT2D eigenvalue weighted by atomic mass is 9.85. The third-order valence-electron chi connectivity index (χ3n) is 6.17. The van der Waals surface area contributed by atoms with Crippen LogP contribution in [0.25, 0.3) is 0 Å². The van der Waals surface area contributed by atoms with Gasteiger partial charge in [0.2, 0.25) is 0 Å². The first-order chi connectivity index (χ1) is 11.5. The Balaban J connectivity index is 1.39. The van der Waals surface area contributed by atoms with Gasteiger partial charge in [-0.2, -0.15) is 5.01 Å². The number of rotatable bonds is 2. The van der Waals surface area contributed by atoms with E-state index in [1.165, 1.54) is 0 Å². The van der Waals surface area contributed by atoms with Crippen LogP contribution in [-0.4, -0.2) is 22.7 Å². The summed E-state index contributed by atoms with van der Waals surface area (Å²) in [5.41, 5.74) is 3.09. The SMILES string of the molecule is O=C(NN1C(=O)[C@H]2[C@H](C1=O)[C@@H]1C=C[C@H]2C12CC2)c1ccc(Br)cc1. The molecule has 3 amide bonds. The zero-order valence-electron chi connectivity index (χ0n) is 12.7.